The van der Waals surface area contributed by atoms with Gasteiger partial charge in [0.15, 0.2) is 0 Å². The van der Waals surface area contributed by atoms with E-state index in [1.54, 1.807) is 0 Å². The molecular weight excluding hydrogens is 222 g/mol. The Morgan fingerprint density at radius 3 is 2.17 bits per heavy atom. The number of aromatic nitrogens is 1. The zero-order chi connectivity index (χ0) is 13.1. The smallest absolute Gasteiger partial charge is 0.101 e. The Morgan fingerprint density at radius 1 is 1.11 bits per heavy atom. The van der Waals surface area contributed by atoms with Gasteiger partial charge in [0.1, 0.15) is 12.1 Å². The van der Waals surface area contributed by atoms with Crippen LogP contribution in [0.2, 0.25) is 0 Å². The van der Waals surface area contributed by atoms with Gasteiger partial charge in [-0.3, -0.25) is 4.98 Å². The Kier molecular flexibility index (Phi) is 3.44. The van der Waals surface area contributed by atoms with E-state index >= 15 is 0 Å². The van der Waals surface area contributed by atoms with Crippen molar-refractivity contribution in [3.05, 3.63) is 40.2 Å². The van der Waals surface area contributed by atoms with E-state index in [0.29, 0.717) is 11.1 Å². The van der Waals surface area contributed by atoms with Gasteiger partial charge in [-0.05, 0) is 44.6 Å². The van der Waals surface area contributed by atoms with Crippen LogP contribution in [0, 0.1) is 36.5 Å². The molecule has 0 amide bonds. The quantitative estimate of drug-likeness (QED) is 0.704. The van der Waals surface area contributed by atoms with Gasteiger partial charge in [0, 0.05) is 0 Å². The van der Waals surface area contributed by atoms with Crippen molar-refractivity contribution < 1.29 is 0 Å². The lowest BCUT2D eigenvalue weighted by Crippen LogP contribution is -2.10. The zero-order valence-corrected chi connectivity index (χ0v) is 10.7. The Labute approximate surface area is 107 Å². The number of aryl methyl sites for hydroxylation is 2. The largest absolute Gasteiger partial charge is 0.256 e. The first-order valence-electron chi connectivity index (χ1n) is 6.15. The Hall–Kier alpha value is -2.13. The second kappa shape index (κ2) is 5.02. The molecule has 1 aliphatic carbocycles. The molecule has 90 valence electrons. The lowest BCUT2D eigenvalue weighted by atomic mass is 9.82. The average molecular weight is 237 g/mol. The monoisotopic (exact) mass is 237 g/mol. The molecule has 0 bridgehead atoms. The number of hydrogen-bond donors (Lipinski definition) is 0. The van der Waals surface area contributed by atoms with Crippen LogP contribution >= 0.6 is 0 Å². The maximum Gasteiger partial charge on any atom is 0.101 e. The van der Waals surface area contributed by atoms with Crippen molar-refractivity contribution in [1.82, 2.24) is 4.98 Å². The van der Waals surface area contributed by atoms with E-state index in [0.717, 1.165) is 36.2 Å². The van der Waals surface area contributed by atoms with E-state index in [-0.39, 0.29) is 5.92 Å². The maximum absolute atomic E-state index is 9.32. The molecule has 0 aliphatic heterocycles. The van der Waals surface area contributed by atoms with Crippen LogP contribution in [0.5, 0.6) is 0 Å². The molecule has 0 saturated heterocycles. The van der Waals surface area contributed by atoms with Crippen molar-refractivity contribution in [2.75, 3.05) is 0 Å². The minimum atomic E-state index is 0.277. The lowest BCUT2D eigenvalue weighted by Gasteiger charge is -2.22. The summed E-state index contributed by atoms with van der Waals surface area (Å²) in [6.07, 6.45) is 7.23. The molecule has 2 rings (SSSR count). The summed E-state index contributed by atoms with van der Waals surface area (Å²) >= 11 is 0. The summed E-state index contributed by atoms with van der Waals surface area (Å²) < 4.78 is 0. The van der Waals surface area contributed by atoms with Crippen molar-refractivity contribution in [2.24, 2.45) is 0 Å². The van der Waals surface area contributed by atoms with Crippen LogP contribution in [-0.2, 0) is 0 Å². The van der Waals surface area contributed by atoms with Gasteiger partial charge in [0.05, 0.1) is 22.5 Å². The van der Waals surface area contributed by atoms with Crippen molar-refractivity contribution in [1.29, 1.82) is 10.5 Å². The van der Waals surface area contributed by atoms with E-state index in [1.165, 1.54) is 0 Å². The summed E-state index contributed by atoms with van der Waals surface area (Å²) in [6, 6.07) is 4.45. The second-order valence-corrected chi connectivity index (χ2v) is 4.65. The third-order valence-corrected chi connectivity index (χ3v) is 3.50. The average Bonchev–Trinajstić information content (AvgIpc) is 2.39. The van der Waals surface area contributed by atoms with E-state index in [1.807, 2.05) is 13.8 Å². The van der Waals surface area contributed by atoms with Crippen LogP contribution in [0.4, 0.5) is 0 Å². The van der Waals surface area contributed by atoms with E-state index in [4.69, 9.17) is 0 Å². The molecule has 1 atom stereocenters. The van der Waals surface area contributed by atoms with Crippen molar-refractivity contribution in [3.8, 4) is 12.1 Å². The molecule has 1 aromatic heterocycles. The Bertz CT molecular complexity index is 547. The lowest BCUT2D eigenvalue weighted by molar-refractivity contribution is 0.612. The standard InChI is InChI=1S/C15H15N3/c1-10-13(8-16)15(12-6-4-3-5-7-12)14(9-17)11(2)18-10/h3-4,12H,5-7H2,1-2H3. The molecule has 0 saturated carbocycles. The van der Waals surface area contributed by atoms with Gasteiger partial charge in [-0.1, -0.05) is 12.2 Å². The fourth-order valence-corrected chi connectivity index (χ4v) is 2.62. The highest BCUT2D eigenvalue weighted by molar-refractivity contribution is 5.54. The third-order valence-electron chi connectivity index (χ3n) is 3.50. The fraction of sp³-hybridized carbons (Fsp3) is 0.400. The maximum atomic E-state index is 9.32. The van der Waals surface area contributed by atoms with Gasteiger partial charge < -0.3 is 0 Å². The second-order valence-electron chi connectivity index (χ2n) is 4.65. The number of nitriles is 2. The van der Waals surface area contributed by atoms with Crippen molar-refractivity contribution in [2.45, 2.75) is 39.0 Å². The number of allylic oxidation sites excluding steroid dienone is 2. The first-order valence-corrected chi connectivity index (χ1v) is 6.15. The minimum absolute atomic E-state index is 0.277. The number of hydrogen-bond acceptors (Lipinski definition) is 3. The summed E-state index contributed by atoms with van der Waals surface area (Å²) in [6.45, 7) is 3.68. The molecule has 18 heavy (non-hydrogen) atoms. The highest BCUT2D eigenvalue weighted by Crippen LogP contribution is 2.35. The molecule has 0 fully saturated rings. The van der Waals surface area contributed by atoms with Crippen LogP contribution < -0.4 is 0 Å². The Morgan fingerprint density at radius 2 is 1.72 bits per heavy atom. The molecule has 0 aromatic carbocycles. The molecule has 1 aromatic rings. The molecule has 3 heteroatoms. The number of nitrogens with zero attached hydrogens (tertiary/aromatic N) is 3. The molecular formula is C15H15N3. The van der Waals surface area contributed by atoms with Crippen LogP contribution in [0.1, 0.15) is 53.3 Å². The zero-order valence-electron chi connectivity index (χ0n) is 10.7. The minimum Gasteiger partial charge on any atom is -0.256 e. The van der Waals surface area contributed by atoms with Crippen LogP contribution in [0.25, 0.3) is 0 Å². The molecule has 0 spiro atoms. The Balaban J connectivity index is 2.66. The van der Waals surface area contributed by atoms with Gasteiger partial charge >= 0.3 is 0 Å². The van der Waals surface area contributed by atoms with Gasteiger partial charge in [-0.2, -0.15) is 10.5 Å². The molecule has 0 radical (unpaired) electrons. The molecule has 1 aliphatic rings. The predicted octanol–water partition coefficient (Wildman–Crippen LogP) is 3.27. The summed E-state index contributed by atoms with van der Waals surface area (Å²) in [5.41, 5.74) is 3.57. The van der Waals surface area contributed by atoms with Crippen molar-refractivity contribution in [3.63, 3.8) is 0 Å². The van der Waals surface area contributed by atoms with Crippen LogP contribution in [-0.4, -0.2) is 4.98 Å². The topological polar surface area (TPSA) is 60.5 Å². The highest BCUT2D eigenvalue weighted by atomic mass is 14.7. The first-order chi connectivity index (χ1) is 8.69. The van der Waals surface area contributed by atoms with Gasteiger partial charge in [-0.25, -0.2) is 0 Å². The van der Waals surface area contributed by atoms with E-state index < -0.39 is 0 Å². The predicted molar refractivity (Wildman–Crippen MR) is 68.9 cm³/mol. The molecule has 1 heterocycles. The summed E-state index contributed by atoms with van der Waals surface area (Å²) in [5.74, 6) is 0.277. The highest BCUT2D eigenvalue weighted by Gasteiger charge is 2.23. The number of rotatable bonds is 1. The number of pyridine rings is 1. The van der Waals surface area contributed by atoms with Crippen molar-refractivity contribution >= 4 is 0 Å². The normalized spacial score (nSPS) is 18.1. The van der Waals surface area contributed by atoms with Crippen LogP contribution in [0.15, 0.2) is 12.2 Å². The summed E-state index contributed by atoms with van der Waals surface area (Å²) in [7, 11) is 0. The molecule has 3 nitrogen and oxygen atoms in total. The summed E-state index contributed by atoms with van der Waals surface area (Å²) in [4.78, 5) is 4.31. The SMILES string of the molecule is Cc1nc(C)c(C#N)c(C2CC=CCC2)c1C#N. The van der Waals surface area contributed by atoms with Gasteiger partial charge in [0.25, 0.3) is 0 Å². The van der Waals surface area contributed by atoms with Crippen LogP contribution in [0.3, 0.4) is 0 Å². The van der Waals surface area contributed by atoms with Gasteiger partial charge in [-0.15, -0.1) is 0 Å². The first kappa shape index (κ1) is 12.3. The molecule has 1 unspecified atom stereocenters. The third kappa shape index (κ3) is 2.00. The summed E-state index contributed by atoms with van der Waals surface area (Å²) in [5, 5.41) is 18.6. The molecule has 0 N–H and O–H groups in total. The van der Waals surface area contributed by atoms with Gasteiger partial charge in [0.2, 0.25) is 0 Å². The van der Waals surface area contributed by atoms with E-state index in [9.17, 15) is 10.5 Å². The van der Waals surface area contributed by atoms with E-state index in [2.05, 4.69) is 29.3 Å². The fourth-order valence-electron chi connectivity index (χ4n) is 2.62.